The SMILES string of the molecule is CN1CCCC(NCc2ccc(NC(=O)OC(C)(C)C)cc2)C1. The van der Waals surface area contributed by atoms with Crippen LogP contribution in [0.1, 0.15) is 39.2 Å². The van der Waals surface area contributed by atoms with Crippen molar-refractivity contribution in [2.45, 2.75) is 51.8 Å². The lowest BCUT2D eigenvalue weighted by molar-refractivity contribution is 0.0636. The molecule has 0 bridgehead atoms. The van der Waals surface area contributed by atoms with Crippen LogP contribution in [0.3, 0.4) is 0 Å². The molecule has 1 saturated heterocycles. The van der Waals surface area contributed by atoms with Gasteiger partial charge in [-0.15, -0.1) is 0 Å². The van der Waals surface area contributed by atoms with Crippen LogP contribution in [0.15, 0.2) is 24.3 Å². The van der Waals surface area contributed by atoms with E-state index < -0.39 is 11.7 Å². The summed E-state index contributed by atoms with van der Waals surface area (Å²) in [5, 5.41) is 6.35. The molecule has 1 aromatic rings. The second-order valence-electron chi connectivity index (χ2n) is 7.31. The van der Waals surface area contributed by atoms with Gasteiger partial charge in [0.15, 0.2) is 0 Å². The summed E-state index contributed by atoms with van der Waals surface area (Å²) < 4.78 is 5.24. The number of amides is 1. The molecule has 1 aliphatic heterocycles. The number of ether oxygens (including phenoxy) is 1. The van der Waals surface area contributed by atoms with Gasteiger partial charge >= 0.3 is 6.09 Å². The molecule has 2 N–H and O–H groups in total. The molecule has 5 heteroatoms. The number of hydrogen-bond donors (Lipinski definition) is 2. The third kappa shape index (κ3) is 6.59. The van der Waals surface area contributed by atoms with Crippen molar-refractivity contribution in [3.8, 4) is 0 Å². The minimum atomic E-state index is -0.485. The smallest absolute Gasteiger partial charge is 0.412 e. The van der Waals surface area contributed by atoms with Gasteiger partial charge in [0.05, 0.1) is 0 Å². The van der Waals surface area contributed by atoms with Crippen LogP contribution in [0.4, 0.5) is 10.5 Å². The van der Waals surface area contributed by atoms with E-state index in [0.717, 1.165) is 18.8 Å². The van der Waals surface area contributed by atoms with Crippen LogP contribution in [-0.4, -0.2) is 42.8 Å². The number of likely N-dealkylation sites (tertiary alicyclic amines) is 1. The number of carbonyl (C=O) groups is 1. The maximum Gasteiger partial charge on any atom is 0.412 e. The first-order valence-electron chi connectivity index (χ1n) is 8.33. The van der Waals surface area contributed by atoms with E-state index in [9.17, 15) is 4.79 Å². The molecule has 23 heavy (non-hydrogen) atoms. The van der Waals surface area contributed by atoms with E-state index in [0.29, 0.717) is 6.04 Å². The molecule has 1 aromatic carbocycles. The minimum absolute atomic E-state index is 0.423. The summed E-state index contributed by atoms with van der Waals surface area (Å²) in [6, 6.07) is 8.45. The van der Waals surface area contributed by atoms with Gasteiger partial charge in [0.1, 0.15) is 5.60 Å². The van der Waals surface area contributed by atoms with Gasteiger partial charge in [-0.2, -0.15) is 0 Å². The fourth-order valence-corrected chi connectivity index (χ4v) is 2.72. The van der Waals surface area contributed by atoms with Gasteiger partial charge < -0.3 is 15.0 Å². The van der Waals surface area contributed by atoms with E-state index >= 15 is 0 Å². The Morgan fingerprint density at radius 2 is 2.00 bits per heavy atom. The van der Waals surface area contributed by atoms with Gasteiger partial charge in [0.2, 0.25) is 0 Å². The van der Waals surface area contributed by atoms with Crippen molar-refractivity contribution in [3.63, 3.8) is 0 Å². The van der Waals surface area contributed by atoms with Crippen molar-refractivity contribution in [2.75, 3.05) is 25.5 Å². The van der Waals surface area contributed by atoms with Crippen molar-refractivity contribution in [3.05, 3.63) is 29.8 Å². The summed E-state index contributed by atoms with van der Waals surface area (Å²) in [4.78, 5) is 14.1. The number of rotatable bonds is 4. The average molecular weight is 319 g/mol. The van der Waals surface area contributed by atoms with Crippen LogP contribution in [0.2, 0.25) is 0 Å². The molecule has 1 atom stereocenters. The quantitative estimate of drug-likeness (QED) is 0.895. The van der Waals surface area contributed by atoms with E-state index in [-0.39, 0.29) is 0 Å². The van der Waals surface area contributed by atoms with Gasteiger partial charge in [-0.25, -0.2) is 4.79 Å². The Bertz CT molecular complexity index is 508. The third-order valence-corrected chi connectivity index (χ3v) is 3.82. The molecule has 1 unspecified atom stereocenters. The maximum absolute atomic E-state index is 11.7. The minimum Gasteiger partial charge on any atom is -0.444 e. The Morgan fingerprint density at radius 1 is 1.30 bits per heavy atom. The molecular weight excluding hydrogens is 290 g/mol. The predicted molar refractivity (Wildman–Crippen MR) is 93.7 cm³/mol. The number of carbonyl (C=O) groups excluding carboxylic acids is 1. The highest BCUT2D eigenvalue weighted by molar-refractivity contribution is 5.84. The fourth-order valence-electron chi connectivity index (χ4n) is 2.72. The van der Waals surface area contributed by atoms with Crippen molar-refractivity contribution < 1.29 is 9.53 Å². The van der Waals surface area contributed by atoms with Gasteiger partial charge in [-0.05, 0) is 64.9 Å². The molecule has 0 spiro atoms. The highest BCUT2D eigenvalue weighted by Crippen LogP contribution is 2.14. The Balaban J connectivity index is 1.79. The molecule has 0 aliphatic carbocycles. The summed E-state index contributed by atoms with van der Waals surface area (Å²) in [7, 11) is 2.17. The van der Waals surface area contributed by atoms with Crippen molar-refractivity contribution in [1.29, 1.82) is 0 Å². The first-order chi connectivity index (χ1) is 10.8. The topological polar surface area (TPSA) is 53.6 Å². The van der Waals surface area contributed by atoms with Crippen LogP contribution in [-0.2, 0) is 11.3 Å². The Hall–Kier alpha value is -1.59. The van der Waals surface area contributed by atoms with E-state index in [2.05, 4.69) is 22.6 Å². The molecule has 5 nitrogen and oxygen atoms in total. The molecular formula is C18H29N3O2. The van der Waals surface area contributed by atoms with Crippen LogP contribution in [0.5, 0.6) is 0 Å². The largest absolute Gasteiger partial charge is 0.444 e. The molecule has 1 fully saturated rings. The van der Waals surface area contributed by atoms with E-state index in [4.69, 9.17) is 4.74 Å². The highest BCUT2D eigenvalue weighted by atomic mass is 16.6. The van der Waals surface area contributed by atoms with Crippen molar-refractivity contribution >= 4 is 11.8 Å². The van der Waals surface area contributed by atoms with Crippen molar-refractivity contribution in [2.24, 2.45) is 0 Å². The number of nitrogens with zero attached hydrogens (tertiary/aromatic N) is 1. The number of hydrogen-bond acceptors (Lipinski definition) is 4. The molecule has 0 saturated carbocycles. The normalized spacial score (nSPS) is 19.4. The molecule has 1 aliphatic rings. The lowest BCUT2D eigenvalue weighted by Gasteiger charge is -2.30. The number of nitrogens with one attached hydrogen (secondary N) is 2. The number of anilines is 1. The van der Waals surface area contributed by atoms with Crippen LogP contribution < -0.4 is 10.6 Å². The van der Waals surface area contributed by atoms with E-state index in [1.54, 1.807) is 0 Å². The van der Waals surface area contributed by atoms with Gasteiger partial charge in [-0.1, -0.05) is 12.1 Å². The maximum atomic E-state index is 11.7. The predicted octanol–water partition coefficient (Wildman–Crippen LogP) is 3.22. The van der Waals surface area contributed by atoms with E-state index in [1.807, 2.05) is 45.0 Å². The molecule has 1 heterocycles. The summed E-state index contributed by atoms with van der Waals surface area (Å²) in [6.45, 7) is 8.71. The number of benzene rings is 1. The second kappa shape index (κ2) is 7.79. The van der Waals surface area contributed by atoms with Crippen LogP contribution >= 0.6 is 0 Å². The van der Waals surface area contributed by atoms with Gasteiger partial charge in [-0.3, -0.25) is 5.32 Å². The zero-order valence-electron chi connectivity index (χ0n) is 14.7. The lowest BCUT2D eigenvalue weighted by Crippen LogP contribution is -2.43. The average Bonchev–Trinajstić information content (AvgIpc) is 2.44. The van der Waals surface area contributed by atoms with Gasteiger partial charge in [0, 0.05) is 24.8 Å². The van der Waals surface area contributed by atoms with Crippen LogP contribution in [0.25, 0.3) is 0 Å². The second-order valence-corrected chi connectivity index (χ2v) is 7.31. The number of piperidine rings is 1. The van der Waals surface area contributed by atoms with E-state index in [1.165, 1.54) is 24.9 Å². The number of likely N-dealkylation sites (N-methyl/N-ethyl adjacent to an activating group) is 1. The fraction of sp³-hybridized carbons (Fsp3) is 0.611. The third-order valence-electron chi connectivity index (χ3n) is 3.82. The molecule has 0 radical (unpaired) electrons. The summed E-state index contributed by atoms with van der Waals surface area (Å²) in [6.07, 6.45) is 2.07. The monoisotopic (exact) mass is 319 g/mol. The summed E-state index contributed by atoms with van der Waals surface area (Å²) in [5.41, 5.74) is 1.48. The Morgan fingerprint density at radius 3 is 2.61 bits per heavy atom. The Kier molecular flexibility index (Phi) is 6.02. The van der Waals surface area contributed by atoms with Gasteiger partial charge in [0.25, 0.3) is 0 Å². The summed E-state index contributed by atoms with van der Waals surface area (Å²) >= 11 is 0. The first kappa shape index (κ1) is 17.8. The summed E-state index contributed by atoms with van der Waals surface area (Å²) in [5.74, 6) is 0. The van der Waals surface area contributed by atoms with Crippen LogP contribution in [0, 0.1) is 0 Å². The zero-order valence-corrected chi connectivity index (χ0v) is 14.7. The standard InChI is InChI=1S/C18H29N3O2/c1-18(2,3)23-17(22)20-15-9-7-14(8-10-15)12-19-16-6-5-11-21(4)13-16/h7-10,16,19H,5-6,11-13H2,1-4H3,(H,20,22). The highest BCUT2D eigenvalue weighted by Gasteiger charge is 2.17. The molecule has 1 amide bonds. The zero-order chi connectivity index (χ0) is 16.9. The molecule has 128 valence electrons. The molecule has 0 aromatic heterocycles. The molecule has 2 rings (SSSR count). The lowest BCUT2D eigenvalue weighted by atomic mass is 10.1. The Labute approximate surface area is 139 Å². The van der Waals surface area contributed by atoms with Crippen molar-refractivity contribution in [1.82, 2.24) is 10.2 Å². The first-order valence-corrected chi connectivity index (χ1v) is 8.33.